The van der Waals surface area contributed by atoms with Gasteiger partial charge in [0.15, 0.2) is 0 Å². The molecule has 96 valence electrons. The molecule has 1 aliphatic heterocycles. The van der Waals surface area contributed by atoms with Crippen LogP contribution in [0.15, 0.2) is 0 Å². The van der Waals surface area contributed by atoms with Crippen molar-refractivity contribution >= 4 is 12.4 Å². The molecule has 0 radical (unpaired) electrons. The molecule has 2 N–H and O–H groups in total. The molecule has 0 bridgehead atoms. The number of hydrogen-bond acceptors (Lipinski definition) is 2. The molecule has 0 aromatic heterocycles. The van der Waals surface area contributed by atoms with Gasteiger partial charge in [-0.25, -0.2) is 0 Å². The third kappa shape index (κ3) is 4.23. The number of nitrogens with zero attached hydrogens (tertiary/aromatic N) is 1. The highest BCUT2D eigenvalue weighted by Crippen LogP contribution is 2.30. The Morgan fingerprint density at radius 2 is 2.06 bits per heavy atom. The number of halogens is 1. The van der Waals surface area contributed by atoms with Crippen LogP contribution in [-0.2, 0) is 0 Å². The van der Waals surface area contributed by atoms with Crippen LogP contribution in [0.2, 0.25) is 0 Å². The number of rotatable bonds is 3. The molecule has 2 unspecified atom stereocenters. The van der Waals surface area contributed by atoms with E-state index in [2.05, 4.69) is 11.8 Å². The molecule has 0 aromatic carbocycles. The maximum absolute atomic E-state index is 5.91. The SMILES string of the molecule is CC1CCCC(CCN2CC[C@H](N)C2)C1.Cl. The van der Waals surface area contributed by atoms with Crippen molar-refractivity contribution < 1.29 is 0 Å². The summed E-state index contributed by atoms with van der Waals surface area (Å²) in [6, 6.07) is 0.454. The van der Waals surface area contributed by atoms with E-state index in [0.717, 1.165) is 18.4 Å². The first kappa shape index (κ1) is 14.3. The molecule has 0 spiro atoms. The lowest BCUT2D eigenvalue weighted by atomic mass is 9.81. The minimum Gasteiger partial charge on any atom is -0.326 e. The highest BCUT2D eigenvalue weighted by molar-refractivity contribution is 5.85. The van der Waals surface area contributed by atoms with E-state index >= 15 is 0 Å². The fraction of sp³-hybridized carbons (Fsp3) is 1.00. The Labute approximate surface area is 106 Å². The predicted molar refractivity (Wildman–Crippen MR) is 72.0 cm³/mol. The van der Waals surface area contributed by atoms with E-state index in [1.165, 1.54) is 51.6 Å². The zero-order valence-corrected chi connectivity index (χ0v) is 11.3. The van der Waals surface area contributed by atoms with Crippen LogP contribution in [0.25, 0.3) is 0 Å². The average Bonchev–Trinajstić information content (AvgIpc) is 2.62. The Hall–Kier alpha value is 0.210. The normalized spacial score (nSPS) is 36.0. The number of nitrogens with two attached hydrogens (primary N) is 1. The van der Waals surface area contributed by atoms with Crippen molar-refractivity contribution in [2.75, 3.05) is 19.6 Å². The van der Waals surface area contributed by atoms with E-state index in [-0.39, 0.29) is 12.4 Å². The Morgan fingerprint density at radius 1 is 1.25 bits per heavy atom. The number of hydrogen-bond donors (Lipinski definition) is 1. The molecule has 2 aliphatic rings. The van der Waals surface area contributed by atoms with Crippen molar-refractivity contribution in [3.8, 4) is 0 Å². The van der Waals surface area contributed by atoms with E-state index in [4.69, 9.17) is 5.73 Å². The molecule has 2 nitrogen and oxygen atoms in total. The smallest absolute Gasteiger partial charge is 0.0180 e. The second-order valence-corrected chi connectivity index (χ2v) is 5.78. The van der Waals surface area contributed by atoms with Crippen LogP contribution in [0, 0.1) is 11.8 Å². The second kappa shape index (κ2) is 6.83. The van der Waals surface area contributed by atoms with Gasteiger partial charge in [0.05, 0.1) is 0 Å². The van der Waals surface area contributed by atoms with Crippen LogP contribution in [0.4, 0.5) is 0 Å². The molecule has 1 heterocycles. The van der Waals surface area contributed by atoms with Gasteiger partial charge in [0.2, 0.25) is 0 Å². The summed E-state index contributed by atoms with van der Waals surface area (Å²) in [6.07, 6.45) is 8.50. The quantitative estimate of drug-likeness (QED) is 0.830. The van der Waals surface area contributed by atoms with Gasteiger partial charge in [-0.3, -0.25) is 0 Å². The Bertz CT molecular complexity index is 198. The molecular weight excluding hydrogens is 220 g/mol. The van der Waals surface area contributed by atoms with Crippen LogP contribution >= 0.6 is 12.4 Å². The topological polar surface area (TPSA) is 29.3 Å². The summed E-state index contributed by atoms with van der Waals surface area (Å²) in [5.41, 5.74) is 5.91. The van der Waals surface area contributed by atoms with Gasteiger partial charge in [0.25, 0.3) is 0 Å². The third-order valence-corrected chi connectivity index (χ3v) is 4.21. The highest BCUT2D eigenvalue weighted by atomic mass is 35.5. The molecule has 1 saturated heterocycles. The van der Waals surface area contributed by atoms with Gasteiger partial charge < -0.3 is 10.6 Å². The van der Waals surface area contributed by atoms with Gasteiger partial charge in [-0.2, -0.15) is 0 Å². The second-order valence-electron chi connectivity index (χ2n) is 5.78. The van der Waals surface area contributed by atoms with Gasteiger partial charge in [0, 0.05) is 12.6 Å². The van der Waals surface area contributed by atoms with Crippen molar-refractivity contribution in [2.24, 2.45) is 17.6 Å². The van der Waals surface area contributed by atoms with Gasteiger partial charge in [-0.1, -0.05) is 26.2 Å². The molecule has 16 heavy (non-hydrogen) atoms. The summed E-state index contributed by atoms with van der Waals surface area (Å²) in [5.74, 6) is 1.98. The van der Waals surface area contributed by atoms with Crippen molar-refractivity contribution in [3.63, 3.8) is 0 Å². The molecule has 2 rings (SSSR count). The van der Waals surface area contributed by atoms with E-state index in [0.29, 0.717) is 6.04 Å². The van der Waals surface area contributed by atoms with Gasteiger partial charge in [-0.05, 0) is 44.2 Å². The summed E-state index contributed by atoms with van der Waals surface area (Å²) < 4.78 is 0. The lowest BCUT2D eigenvalue weighted by molar-refractivity contribution is 0.231. The monoisotopic (exact) mass is 246 g/mol. The van der Waals surface area contributed by atoms with Crippen LogP contribution in [0.5, 0.6) is 0 Å². The molecule has 3 atom stereocenters. The fourth-order valence-electron chi connectivity index (χ4n) is 3.25. The summed E-state index contributed by atoms with van der Waals surface area (Å²) >= 11 is 0. The standard InChI is InChI=1S/C13H26N2.ClH/c1-11-3-2-4-12(9-11)5-7-15-8-6-13(14)10-15;/h11-13H,2-10,14H2,1H3;1H/t11?,12?,13-;/m0./s1. The molecular formula is C13H27ClN2. The summed E-state index contributed by atoms with van der Waals surface area (Å²) in [6.45, 7) is 6.09. The minimum atomic E-state index is 0. The van der Waals surface area contributed by atoms with E-state index < -0.39 is 0 Å². The van der Waals surface area contributed by atoms with E-state index in [1.807, 2.05) is 0 Å². The lowest BCUT2D eigenvalue weighted by Crippen LogP contribution is -2.29. The van der Waals surface area contributed by atoms with Gasteiger partial charge >= 0.3 is 0 Å². The van der Waals surface area contributed by atoms with Crippen molar-refractivity contribution in [1.29, 1.82) is 0 Å². The molecule has 2 fully saturated rings. The van der Waals surface area contributed by atoms with Crippen LogP contribution < -0.4 is 5.73 Å². The fourth-order valence-corrected chi connectivity index (χ4v) is 3.25. The maximum atomic E-state index is 5.91. The highest BCUT2D eigenvalue weighted by Gasteiger charge is 2.22. The summed E-state index contributed by atoms with van der Waals surface area (Å²) in [4.78, 5) is 2.56. The van der Waals surface area contributed by atoms with Gasteiger partial charge in [-0.15, -0.1) is 12.4 Å². The first-order chi connectivity index (χ1) is 7.24. The zero-order chi connectivity index (χ0) is 10.7. The van der Waals surface area contributed by atoms with Crippen molar-refractivity contribution in [2.45, 2.75) is 51.5 Å². The first-order valence-corrected chi connectivity index (χ1v) is 6.72. The Kier molecular flexibility index (Phi) is 6.09. The zero-order valence-electron chi connectivity index (χ0n) is 10.5. The Morgan fingerprint density at radius 3 is 2.69 bits per heavy atom. The van der Waals surface area contributed by atoms with Gasteiger partial charge in [0.1, 0.15) is 0 Å². The summed E-state index contributed by atoms with van der Waals surface area (Å²) in [7, 11) is 0. The van der Waals surface area contributed by atoms with Crippen molar-refractivity contribution in [3.05, 3.63) is 0 Å². The maximum Gasteiger partial charge on any atom is 0.0180 e. The van der Waals surface area contributed by atoms with Crippen LogP contribution in [0.1, 0.15) is 45.4 Å². The van der Waals surface area contributed by atoms with E-state index in [1.54, 1.807) is 0 Å². The first-order valence-electron chi connectivity index (χ1n) is 6.72. The van der Waals surface area contributed by atoms with Crippen LogP contribution in [0.3, 0.4) is 0 Å². The summed E-state index contributed by atoms with van der Waals surface area (Å²) in [5, 5.41) is 0. The number of likely N-dealkylation sites (tertiary alicyclic amines) is 1. The predicted octanol–water partition coefficient (Wildman–Crippen LogP) is 2.66. The molecule has 0 amide bonds. The minimum absolute atomic E-state index is 0. The molecule has 1 aliphatic carbocycles. The average molecular weight is 247 g/mol. The largest absolute Gasteiger partial charge is 0.326 e. The molecule has 0 aromatic rings. The molecule has 3 heteroatoms. The van der Waals surface area contributed by atoms with Crippen LogP contribution in [-0.4, -0.2) is 30.6 Å². The van der Waals surface area contributed by atoms with Crippen molar-refractivity contribution in [1.82, 2.24) is 4.90 Å². The van der Waals surface area contributed by atoms with E-state index in [9.17, 15) is 0 Å². The molecule has 1 saturated carbocycles. The third-order valence-electron chi connectivity index (χ3n) is 4.21. The lowest BCUT2D eigenvalue weighted by Gasteiger charge is -2.28. The Balaban J connectivity index is 0.00000128.